The molecule has 9 heteroatoms. The molecule has 1 aromatic carbocycles. The topological polar surface area (TPSA) is 65.2 Å². The number of aromatic nitrogens is 2. The number of nitriles is 1. The molecule has 0 spiro atoms. The summed E-state index contributed by atoms with van der Waals surface area (Å²) in [6.45, 7) is 6.30. The van der Waals surface area contributed by atoms with Gasteiger partial charge in [-0.3, -0.25) is 9.69 Å². The van der Waals surface area contributed by atoms with Crippen LogP contribution in [0.5, 0.6) is 0 Å². The molecule has 6 nitrogen and oxygen atoms in total. The Labute approximate surface area is 167 Å². The number of fused-ring (bicyclic) bond motifs is 1. The van der Waals surface area contributed by atoms with E-state index in [0.717, 1.165) is 0 Å². The second kappa shape index (κ2) is 8.88. The van der Waals surface area contributed by atoms with Crippen molar-refractivity contribution in [1.29, 1.82) is 5.26 Å². The number of thioether (sulfide) groups is 1. The summed E-state index contributed by atoms with van der Waals surface area (Å²) in [5.74, 6) is -2.51. The first-order chi connectivity index (χ1) is 13.4. The molecule has 2 aromatic rings. The maximum absolute atomic E-state index is 12.9. The predicted molar refractivity (Wildman–Crippen MR) is 104 cm³/mol. The fourth-order valence-corrected chi connectivity index (χ4v) is 4.11. The van der Waals surface area contributed by atoms with Gasteiger partial charge in [-0.05, 0) is 29.8 Å². The highest BCUT2D eigenvalue weighted by molar-refractivity contribution is 7.99. The molecule has 0 N–H and O–H groups in total. The second-order valence-electron chi connectivity index (χ2n) is 7.08. The number of amides is 1. The molecule has 0 bridgehead atoms. The summed E-state index contributed by atoms with van der Waals surface area (Å²) in [5.41, 5.74) is 1.26. The number of carbonyl (C=O) groups is 1. The first-order valence-corrected chi connectivity index (χ1v) is 10.1. The van der Waals surface area contributed by atoms with Crippen molar-refractivity contribution in [3.63, 3.8) is 0 Å². The molecule has 0 radical (unpaired) electrons. The van der Waals surface area contributed by atoms with Crippen LogP contribution >= 0.6 is 11.8 Å². The maximum Gasteiger partial charge on any atom is 0.291 e. The monoisotopic (exact) mass is 407 g/mol. The van der Waals surface area contributed by atoms with Crippen molar-refractivity contribution >= 4 is 28.7 Å². The highest BCUT2D eigenvalue weighted by Crippen LogP contribution is 2.28. The molecular formula is C19H23F2N5OS. The predicted octanol–water partition coefficient (Wildman–Crippen LogP) is 3.04. The van der Waals surface area contributed by atoms with Gasteiger partial charge in [0.05, 0.1) is 17.1 Å². The third-order valence-corrected chi connectivity index (χ3v) is 5.63. The molecule has 1 unspecified atom stereocenters. The smallest absolute Gasteiger partial charge is 0.291 e. The normalized spacial score (nSPS) is 16.7. The third-order valence-electron chi connectivity index (χ3n) is 4.93. The summed E-state index contributed by atoms with van der Waals surface area (Å²) >= 11 is 0.353. The van der Waals surface area contributed by atoms with Crippen LogP contribution in [-0.2, 0) is 11.3 Å². The van der Waals surface area contributed by atoms with Gasteiger partial charge >= 0.3 is 0 Å². The summed E-state index contributed by atoms with van der Waals surface area (Å²) in [5, 5.41) is 9.50. The van der Waals surface area contributed by atoms with Crippen molar-refractivity contribution in [2.45, 2.75) is 37.3 Å². The van der Waals surface area contributed by atoms with E-state index in [-0.39, 0.29) is 29.6 Å². The number of carbonyl (C=O) groups excluding carboxylic acids is 1. The molecule has 3 rings (SSSR count). The molecule has 0 saturated carbocycles. The number of nitrogens with zero attached hydrogens (tertiary/aromatic N) is 5. The van der Waals surface area contributed by atoms with E-state index >= 15 is 0 Å². The highest BCUT2D eigenvalue weighted by atomic mass is 32.2. The Bertz CT molecular complexity index is 871. The quantitative estimate of drug-likeness (QED) is 0.689. The van der Waals surface area contributed by atoms with E-state index in [1.165, 1.54) is 0 Å². The Morgan fingerprint density at radius 1 is 1.25 bits per heavy atom. The van der Waals surface area contributed by atoms with Gasteiger partial charge < -0.3 is 9.47 Å². The minimum atomic E-state index is -2.60. The van der Waals surface area contributed by atoms with Crippen molar-refractivity contribution in [2.75, 3.05) is 26.2 Å². The van der Waals surface area contributed by atoms with E-state index in [2.05, 4.69) is 16.0 Å². The van der Waals surface area contributed by atoms with Gasteiger partial charge in [0.2, 0.25) is 5.91 Å². The van der Waals surface area contributed by atoms with Crippen LogP contribution in [-0.4, -0.2) is 63.2 Å². The average molecular weight is 407 g/mol. The molecule has 1 atom stereocenters. The Morgan fingerprint density at radius 2 is 1.93 bits per heavy atom. The molecule has 0 aliphatic carbocycles. The number of imidazole rings is 1. The molecule has 150 valence electrons. The fourth-order valence-electron chi connectivity index (χ4n) is 3.51. The largest absolute Gasteiger partial charge is 0.339 e. The lowest BCUT2D eigenvalue weighted by Crippen LogP contribution is -2.53. The number of hydrogen-bond acceptors (Lipinski definition) is 5. The van der Waals surface area contributed by atoms with Gasteiger partial charge in [0, 0.05) is 26.2 Å². The third kappa shape index (κ3) is 4.45. The van der Waals surface area contributed by atoms with Gasteiger partial charge in [0.15, 0.2) is 5.16 Å². The molecule has 2 heterocycles. The number of benzene rings is 1. The van der Waals surface area contributed by atoms with Crippen LogP contribution in [0.4, 0.5) is 8.78 Å². The minimum absolute atomic E-state index is 0.0264. The van der Waals surface area contributed by atoms with Crippen molar-refractivity contribution in [2.24, 2.45) is 5.92 Å². The van der Waals surface area contributed by atoms with Crippen LogP contribution in [0, 0.1) is 17.2 Å². The van der Waals surface area contributed by atoms with Crippen molar-refractivity contribution < 1.29 is 13.6 Å². The van der Waals surface area contributed by atoms with Crippen LogP contribution in [0.25, 0.3) is 11.0 Å². The van der Waals surface area contributed by atoms with Gasteiger partial charge in [0.25, 0.3) is 5.76 Å². The number of piperazine rings is 1. The van der Waals surface area contributed by atoms with Crippen LogP contribution in [0.1, 0.15) is 13.8 Å². The number of hydrogen-bond donors (Lipinski definition) is 0. The van der Waals surface area contributed by atoms with Crippen LogP contribution < -0.4 is 0 Å². The summed E-state index contributed by atoms with van der Waals surface area (Å²) in [4.78, 5) is 20.9. The van der Waals surface area contributed by atoms with Gasteiger partial charge in [-0.1, -0.05) is 26.0 Å². The standard InChI is InChI=1S/C19H23F2N5OS/c1-13(2)16(11-22)24-7-9-25(10-8-24)17(27)12-26-15-6-4-3-5-14(15)23-19(26)28-18(20)21/h3-6,13,16,18H,7-10,12H2,1-2H3. The van der Waals surface area contributed by atoms with Gasteiger partial charge in [0.1, 0.15) is 12.6 Å². The lowest BCUT2D eigenvalue weighted by atomic mass is 10.0. The maximum atomic E-state index is 12.9. The zero-order chi connectivity index (χ0) is 20.3. The Morgan fingerprint density at radius 3 is 2.54 bits per heavy atom. The molecule has 1 saturated heterocycles. The summed E-state index contributed by atoms with van der Waals surface area (Å²) in [6.07, 6.45) is 0. The SMILES string of the molecule is CC(C)C(C#N)N1CCN(C(=O)Cn2c(SC(F)F)nc3ccccc32)CC1. The first kappa shape index (κ1) is 20.6. The Kier molecular flexibility index (Phi) is 6.52. The van der Waals surface area contributed by atoms with Gasteiger partial charge in [-0.2, -0.15) is 14.0 Å². The molecule has 1 aliphatic rings. The van der Waals surface area contributed by atoms with E-state index in [1.54, 1.807) is 33.7 Å². The van der Waals surface area contributed by atoms with E-state index < -0.39 is 5.76 Å². The van der Waals surface area contributed by atoms with Crippen molar-refractivity contribution in [3.05, 3.63) is 24.3 Å². The zero-order valence-corrected chi connectivity index (χ0v) is 16.7. The van der Waals surface area contributed by atoms with Crippen LogP contribution in [0.2, 0.25) is 0 Å². The van der Waals surface area contributed by atoms with Crippen molar-refractivity contribution in [3.8, 4) is 6.07 Å². The van der Waals surface area contributed by atoms with E-state index in [9.17, 15) is 18.8 Å². The lowest BCUT2D eigenvalue weighted by Gasteiger charge is -2.38. The Hall–Kier alpha value is -2.18. The molecule has 1 aliphatic heterocycles. The summed E-state index contributed by atoms with van der Waals surface area (Å²) in [7, 11) is 0. The first-order valence-electron chi connectivity index (χ1n) is 9.22. The zero-order valence-electron chi connectivity index (χ0n) is 15.9. The number of para-hydroxylation sites is 2. The van der Waals surface area contributed by atoms with Gasteiger partial charge in [-0.25, -0.2) is 4.98 Å². The average Bonchev–Trinajstić information content (AvgIpc) is 2.99. The summed E-state index contributed by atoms with van der Waals surface area (Å²) in [6, 6.07) is 9.29. The van der Waals surface area contributed by atoms with E-state index in [1.807, 2.05) is 13.8 Å². The van der Waals surface area contributed by atoms with Crippen LogP contribution in [0.3, 0.4) is 0 Å². The van der Waals surface area contributed by atoms with Crippen molar-refractivity contribution in [1.82, 2.24) is 19.4 Å². The molecule has 1 amide bonds. The second-order valence-corrected chi connectivity index (χ2v) is 8.04. The van der Waals surface area contributed by atoms with Gasteiger partial charge in [-0.15, -0.1) is 0 Å². The van der Waals surface area contributed by atoms with E-state index in [0.29, 0.717) is 49.0 Å². The van der Waals surface area contributed by atoms with Crippen LogP contribution in [0.15, 0.2) is 29.4 Å². The number of alkyl halides is 2. The molecule has 1 fully saturated rings. The summed E-state index contributed by atoms with van der Waals surface area (Å²) < 4.78 is 27.4. The minimum Gasteiger partial charge on any atom is -0.339 e. The number of halogens is 2. The highest BCUT2D eigenvalue weighted by Gasteiger charge is 2.28. The molecule has 28 heavy (non-hydrogen) atoms. The lowest BCUT2D eigenvalue weighted by molar-refractivity contribution is -0.133. The molecular weight excluding hydrogens is 384 g/mol. The fraction of sp³-hybridized carbons (Fsp3) is 0.526. The van der Waals surface area contributed by atoms with E-state index in [4.69, 9.17) is 0 Å². The number of rotatable bonds is 6. The Balaban J connectivity index is 1.71. The molecule has 1 aromatic heterocycles.